The van der Waals surface area contributed by atoms with Gasteiger partial charge in [-0.1, -0.05) is 74.5 Å². The summed E-state index contributed by atoms with van der Waals surface area (Å²) in [5, 5.41) is 83.1. The molecule has 0 radical (unpaired) electrons. The molecule has 2 saturated heterocycles. The molecule has 128 heavy (non-hydrogen) atoms. The van der Waals surface area contributed by atoms with Crippen LogP contribution < -0.4 is 10.6 Å². The van der Waals surface area contributed by atoms with E-state index in [1.807, 2.05) is 0 Å². The fraction of sp³-hybridized carbons (Fsp3) is 0.614. The van der Waals surface area contributed by atoms with Gasteiger partial charge in [-0.2, -0.15) is 19.2 Å². The van der Waals surface area contributed by atoms with Crippen LogP contribution in [-0.2, 0) is 173 Å². The Morgan fingerprint density at radius 3 is 1.31 bits per heavy atom. The van der Waals surface area contributed by atoms with Gasteiger partial charge in [-0.25, -0.2) is 9.36 Å². The van der Waals surface area contributed by atoms with Gasteiger partial charge in [-0.05, 0) is 126 Å². The monoisotopic (exact) mass is 1800 g/mol. The number of aryl methyl sites for hydroxylation is 2. The summed E-state index contributed by atoms with van der Waals surface area (Å²) in [4.78, 5) is 193. The molecule has 2 aromatic heterocycles. The lowest BCUT2D eigenvalue weighted by atomic mass is 9.86. The number of carbonyl (C=O) groups is 12. The molecule has 40 nitrogen and oxygen atoms in total. The van der Waals surface area contributed by atoms with E-state index in [1.54, 1.807) is 146 Å². The Kier molecular flexibility index (Phi) is 44.4. The second-order valence-electron chi connectivity index (χ2n) is 34.1. The number of rotatable bonds is 46. The molecule has 4 aromatic rings. The van der Waals surface area contributed by atoms with Crippen molar-refractivity contribution in [3.63, 3.8) is 0 Å². The van der Waals surface area contributed by atoms with Crippen LogP contribution in [0.4, 0.5) is 0 Å². The summed E-state index contributed by atoms with van der Waals surface area (Å²) in [5.74, 6) is -8.40. The van der Waals surface area contributed by atoms with E-state index in [2.05, 4.69) is 31.3 Å². The minimum Gasteiger partial charge on any atom is -0.460 e. The van der Waals surface area contributed by atoms with Gasteiger partial charge in [0.1, 0.15) is 67.4 Å². The van der Waals surface area contributed by atoms with Crippen LogP contribution in [0.5, 0.6) is 0 Å². The largest absolute Gasteiger partial charge is 0.460 e. The van der Waals surface area contributed by atoms with Gasteiger partial charge in [0, 0.05) is 95.1 Å². The van der Waals surface area contributed by atoms with Gasteiger partial charge in [0.05, 0.1) is 119 Å². The third-order valence-electron chi connectivity index (χ3n) is 21.5. The lowest BCUT2D eigenvalue weighted by Crippen LogP contribution is -2.52. The zero-order valence-electron chi connectivity index (χ0n) is 74.8. The summed E-state index contributed by atoms with van der Waals surface area (Å²) in [5.41, 5.74) is 3.12. The van der Waals surface area contributed by atoms with Crippen LogP contribution in [0.2, 0.25) is 0 Å². The van der Waals surface area contributed by atoms with E-state index in [1.165, 1.54) is 9.36 Å². The highest BCUT2D eigenvalue weighted by Crippen LogP contribution is 2.32. The Morgan fingerprint density at radius 1 is 0.508 bits per heavy atom. The van der Waals surface area contributed by atoms with E-state index < -0.39 is 155 Å². The summed E-state index contributed by atoms with van der Waals surface area (Å²) in [6.45, 7) is 23.2. The number of nitrogens with zero attached hydrogens (tertiary/aromatic N) is 8. The number of ether oxygens (including phenoxy) is 8. The highest BCUT2D eigenvalue weighted by Gasteiger charge is 2.43. The molecule has 14 atom stereocenters. The lowest BCUT2D eigenvalue weighted by Gasteiger charge is -2.35. The highest BCUT2D eigenvalue weighted by molar-refractivity contribution is 6.15. The number of Topliss-reactive ketones (excluding diaryl/α,β-unsaturated/α-hetero) is 4. The average Bonchev–Trinajstić information content (AvgIpc) is 1.65. The van der Waals surface area contributed by atoms with E-state index in [-0.39, 0.29) is 119 Å². The molecule has 0 aliphatic carbocycles. The molecule has 6 heterocycles. The topological polar surface area (TPSA) is 560 Å². The molecular formula is C88H122N10O30. The number of aliphatic hydroxyl groups is 6. The molecule has 0 saturated carbocycles. The molecule has 40 heteroatoms. The summed E-state index contributed by atoms with van der Waals surface area (Å²) in [7, 11) is 3.13. The SMILES string of the molecule is COCCOCCn1cc(CC(C(=O)C[C@H](C(=O)N[C@@H](C)C(=O)Cc2ccc(COC(=O)C(C)(C)C)c(CC[C@@H]3OC[C@@H](O)[C@H](O)[C@H]3O)c2)C(C)C)N2C(=O)C=CC2=O)nn1.COCCOCCn1cc([C@@H](CC(=O)C[C@H](C(=O)N[C@@H](C)C(=O)Cc2ccc(COC(=O)C(C)(C)C)c(CC[C@@H]3OC[C@@H](O)[C@H](O)[C@H]3O)c2)C(C)C)N2C(=O)C=CC2=O)nn1.O=C=O.O=C=O. The first kappa shape index (κ1) is 108. The van der Waals surface area contributed by atoms with Crippen LogP contribution in [0, 0.1) is 34.5 Å². The second-order valence-corrected chi connectivity index (χ2v) is 34.1. The van der Waals surface area contributed by atoms with Crippen molar-refractivity contribution in [1.29, 1.82) is 0 Å². The molecule has 4 aliphatic heterocycles. The number of benzene rings is 2. The van der Waals surface area contributed by atoms with E-state index in [9.17, 15) is 88.2 Å². The molecule has 8 rings (SSSR count). The van der Waals surface area contributed by atoms with Crippen LogP contribution in [0.1, 0.15) is 166 Å². The molecule has 0 bridgehead atoms. The highest BCUT2D eigenvalue weighted by atomic mass is 16.6. The van der Waals surface area contributed by atoms with Crippen molar-refractivity contribution in [2.45, 2.75) is 247 Å². The number of imide groups is 2. The zero-order chi connectivity index (χ0) is 95.4. The Hall–Kier alpha value is -10.7. The predicted molar refractivity (Wildman–Crippen MR) is 444 cm³/mol. The zero-order valence-corrected chi connectivity index (χ0v) is 74.8. The van der Waals surface area contributed by atoms with E-state index in [0.29, 0.717) is 99.1 Å². The fourth-order valence-corrected chi connectivity index (χ4v) is 13.8. The third kappa shape index (κ3) is 33.7. The minimum absolute atomic E-state index is 0.0373. The molecule has 704 valence electrons. The van der Waals surface area contributed by atoms with Crippen molar-refractivity contribution in [2.75, 3.05) is 67.1 Å². The van der Waals surface area contributed by atoms with Crippen molar-refractivity contribution in [2.24, 2.45) is 34.5 Å². The first-order valence-corrected chi connectivity index (χ1v) is 42.0. The number of methoxy groups -OCH3 is 2. The summed E-state index contributed by atoms with van der Waals surface area (Å²) in [6.07, 6.45) is -1.25. The van der Waals surface area contributed by atoms with Gasteiger partial charge in [-0.15, -0.1) is 10.2 Å². The number of carbonyl (C=O) groups excluding carboxylic acids is 16. The molecule has 8 N–H and O–H groups in total. The molecule has 2 fully saturated rings. The lowest BCUT2D eigenvalue weighted by molar-refractivity contribution is -0.193. The van der Waals surface area contributed by atoms with Crippen molar-refractivity contribution < 1.29 is 145 Å². The van der Waals surface area contributed by atoms with Crippen LogP contribution in [-0.4, -0.2) is 287 Å². The van der Waals surface area contributed by atoms with Crippen LogP contribution >= 0.6 is 0 Å². The fourth-order valence-electron chi connectivity index (χ4n) is 13.8. The van der Waals surface area contributed by atoms with Gasteiger partial charge in [0.25, 0.3) is 23.6 Å². The number of aliphatic hydroxyl groups excluding tert-OH is 6. The standard InChI is InChI=1S/2C43H61N5O13.2CO2/c1-25(2)31(21-34(50)32(48-37(52)12-13-38(48)53)20-30-22-47(46-45-30)14-15-59-17-16-58-7)41(56)44-26(3)33(49)19-27-8-9-29(23-61-42(57)43(4,5)6)28(18-27)10-11-36-40(55)39(54)35(51)24-60-36;1-25(2)31(20-30(49)21-33(48-37(52)12-13-38(48)53)32-22-47(46-45-32)14-15-59-17-16-58-7)41(56)44-26(3)34(50)19-27-8-9-29(23-61-42(57)43(4,5)6)28(18-27)10-11-36-40(55)39(54)35(51)24-60-36;2*2-1-3/h8-9,12-13,18,22,25-26,31-32,35-36,39-40,51,54-55H,10-11,14-17,19-21,23-24H2,1-7H3,(H,44,56);8-9,12-13,18,22,25-26,31,33,35-36,39-40,51,54-55H,10-11,14-17,19-21,23-24H2,1-7H3,(H,44,56);;/t26-,31-,32?,35+,36-,39-,40-;26-,31-,33+,35+,36-,39-,40-;;/m00../s1. The number of ketones is 4. The number of nitrogens with one attached hydrogen (secondary N) is 2. The van der Waals surface area contributed by atoms with Crippen molar-refractivity contribution in [3.05, 3.63) is 118 Å². The van der Waals surface area contributed by atoms with Gasteiger partial charge in [-0.3, -0.25) is 67.3 Å². The molecule has 6 amide bonds. The first-order valence-electron chi connectivity index (χ1n) is 42.0. The first-order chi connectivity index (χ1) is 60.4. The number of esters is 2. The van der Waals surface area contributed by atoms with Gasteiger partial charge in [0.2, 0.25) is 11.8 Å². The number of hydrogen-bond acceptors (Lipinski definition) is 34. The maximum Gasteiger partial charge on any atom is 0.373 e. The molecule has 1 unspecified atom stereocenters. The minimum atomic E-state index is -1.37. The maximum atomic E-state index is 14.0. The van der Waals surface area contributed by atoms with E-state index in [0.717, 1.165) is 39.7 Å². The molecular weight excluding hydrogens is 1680 g/mol. The van der Waals surface area contributed by atoms with Gasteiger partial charge in [0.15, 0.2) is 17.3 Å². The Morgan fingerprint density at radius 2 is 0.906 bits per heavy atom. The third-order valence-corrected chi connectivity index (χ3v) is 21.5. The van der Waals surface area contributed by atoms with Crippen LogP contribution in [0.15, 0.2) is 73.1 Å². The van der Waals surface area contributed by atoms with E-state index in [4.69, 9.17) is 57.1 Å². The smallest absolute Gasteiger partial charge is 0.373 e. The maximum absolute atomic E-state index is 14.0. The second kappa shape index (κ2) is 52.7. The van der Waals surface area contributed by atoms with E-state index >= 15 is 0 Å². The van der Waals surface area contributed by atoms with Crippen molar-refractivity contribution in [3.8, 4) is 0 Å². The molecule has 0 spiro atoms. The summed E-state index contributed by atoms with van der Waals surface area (Å²) in [6, 6.07) is 6.30. The number of hydrogen-bond donors (Lipinski definition) is 8. The Balaban J connectivity index is 0.000000427. The molecule has 4 aliphatic rings. The van der Waals surface area contributed by atoms with Crippen molar-refractivity contribution >= 4 is 82.8 Å². The van der Waals surface area contributed by atoms with Crippen LogP contribution in [0.3, 0.4) is 0 Å². The summed E-state index contributed by atoms with van der Waals surface area (Å²) < 4.78 is 46.2. The van der Waals surface area contributed by atoms with Gasteiger partial charge >= 0.3 is 24.2 Å². The predicted octanol–water partition coefficient (Wildman–Crippen LogP) is 1.01. The van der Waals surface area contributed by atoms with Crippen LogP contribution in [0.25, 0.3) is 0 Å². The summed E-state index contributed by atoms with van der Waals surface area (Å²) >= 11 is 0. The Labute approximate surface area is 741 Å². The number of amides is 6. The van der Waals surface area contributed by atoms with Crippen molar-refractivity contribution in [1.82, 2.24) is 50.4 Å². The Bertz CT molecular complexity index is 4480. The quantitative estimate of drug-likeness (QED) is 0.0174. The van der Waals surface area contributed by atoms with Gasteiger partial charge < -0.3 is 79.2 Å². The average molecular weight is 1800 g/mol. The molecule has 2 aromatic carbocycles. The number of aromatic nitrogens is 6. The normalized spacial score (nSPS) is 20.0.